The van der Waals surface area contributed by atoms with Gasteiger partial charge in [0, 0.05) is 6.61 Å². The Morgan fingerprint density at radius 2 is 1.09 bits per heavy atom. The summed E-state index contributed by atoms with van der Waals surface area (Å²) in [6.07, 6.45) is -7.77. The van der Waals surface area contributed by atoms with E-state index in [1.807, 2.05) is 6.92 Å². The van der Waals surface area contributed by atoms with Crippen molar-refractivity contribution in [2.24, 2.45) is 0 Å². The third-order valence-corrected chi connectivity index (χ3v) is 3.30. The summed E-state index contributed by atoms with van der Waals surface area (Å²) in [4.78, 5) is -0.278. The van der Waals surface area contributed by atoms with E-state index in [2.05, 4.69) is 109 Å². The molecule has 2 aromatic rings. The van der Waals surface area contributed by atoms with Crippen LogP contribution in [0.5, 0.6) is 11.5 Å². The Balaban J connectivity index is 0. The molecule has 2 rings (SSSR count). The van der Waals surface area contributed by atoms with Gasteiger partial charge in [-0.05, 0) is 36.1 Å². The van der Waals surface area contributed by atoms with Crippen molar-refractivity contribution in [1.82, 2.24) is 0 Å². The fourth-order valence-electron chi connectivity index (χ4n) is 2.26. The molecular formula is C19H20F6I5O3V2. The third-order valence-electron chi connectivity index (χ3n) is 3.30. The fraction of sp³-hybridized carbons (Fsp3) is 0.368. The van der Waals surface area contributed by atoms with Crippen molar-refractivity contribution in [3.8, 4) is 11.5 Å². The van der Waals surface area contributed by atoms with Gasteiger partial charge in [0.1, 0.15) is 11.5 Å². The second-order valence-corrected chi connectivity index (χ2v) is 52.9. The van der Waals surface area contributed by atoms with Crippen molar-refractivity contribution < 1.29 is 55.3 Å². The Morgan fingerprint density at radius 1 is 0.771 bits per heavy atom. The first-order valence-corrected chi connectivity index (χ1v) is 31.7. The summed E-state index contributed by atoms with van der Waals surface area (Å²) in [7, 11) is 0.628. The van der Waals surface area contributed by atoms with E-state index in [9.17, 15) is 26.3 Å². The van der Waals surface area contributed by atoms with Crippen molar-refractivity contribution in [2.45, 2.75) is 38.9 Å². The maximum atomic E-state index is 11.9. The minimum absolute atomic E-state index is 0.0955. The van der Waals surface area contributed by atoms with Crippen LogP contribution in [0, 0.1) is 0 Å². The van der Waals surface area contributed by atoms with Crippen molar-refractivity contribution in [2.75, 3.05) is 6.61 Å². The second-order valence-electron chi connectivity index (χ2n) is 5.79. The van der Waals surface area contributed by atoms with Gasteiger partial charge in [-0.1, -0.05) is 49.7 Å². The monoisotopic (exact) mass is 1150 g/mol. The summed E-state index contributed by atoms with van der Waals surface area (Å²) >= 11 is 12.1. The molecule has 2 aromatic carbocycles. The zero-order valence-electron chi connectivity index (χ0n) is 17.8. The summed E-state index contributed by atoms with van der Waals surface area (Å²) in [5, 5.41) is 8.61. The number of hydrogen-bond acceptors (Lipinski definition) is 3. The predicted octanol–water partition coefficient (Wildman–Crippen LogP) is 10.1. The second kappa shape index (κ2) is 23.1. The van der Waals surface area contributed by atoms with E-state index < -0.39 is 12.7 Å². The normalized spacial score (nSPS) is 10.6. The Kier molecular flexibility index (Phi) is 26.1. The molecule has 1 N–H and O–H groups in total. The first kappa shape index (κ1) is 39.5. The van der Waals surface area contributed by atoms with Crippen molar-refractivity contribution in [3.63, 3.8) is 0 Å². The zero-order chi connectivity index (χ0) is 27.5. The first-order valence-electron chi connectivity index (χ1n) is 9.18. The molecule has 16 heteroatoms. The molecule has 0 bridgehead atoms. The fourth-order valence-corrected chi connectivity index (χ4v) is 2.26. The molecule has 0 saturated carbocycles. The first-order chi connectivity index (χ1) is 16.2. The van der Waals surface area contributed by atoms with Gasteiger partial charge in [-0.2, -0.15) is 0 Å². The summed E-state index contributed by atoms with van der Waals surface area (Å²) in [6, 6.07) is 11.9. The number of rotatable bonds is 6. The number of hydrogen-bond donors (Lipinski definition) is 1. The topological polar surface area (TPSA) is 38.7 Å². The number of alkyl halides is 6. The van der Waals surface area contributed by atoms with E-state index in [1.54, 1.807) is 18.2 Å². The molecule has 0 aromatic heterocycles. The van der Waals surface area contributed by atoms with Gasteiger partial charge in [-0.3, -0.25) is 0 Å². The van der Waals surface area contributed by atoms with Crippen LogP contribution in [0.1, 0.15) is 24.5 Å². The van der Waals surface area contributed by atoms with Gasteiger partial charge in [0.05, 0.1) is 0 Å². The minimum atomic E-state index is -4.69. The van der Waals surface area contributed by atoms with E-state index in [1.165, 1.54) is 30.3 Å². The Morgan fingerprint density at radius 3 is 1.37 bits per heavy atom. The Labute approximate surface area is 267 Å². The number of aryl methyl sites for hydroxylation is 1. The molecule has 0 amide bonds. The van der Waals surface area contributed by atoms with Gasteiger partial charge in [0.25, 0.3) is 0 Å². The van der Waals surface area contributed by atoms with E-state index in [0.29, 0.717) is 27.0 Å². The van der Waals surface area contributed by atoms with Gasteiger partial charge >= 0.3 is 127 Å². The molecule has 0 aliphatic rings. The van der Waals surface area contributed by atoms with Gasteiger partial charge < -0.3 is 14.6 Å². The molecule has 0 radical (unpaired) electrons. The van der Waals surface area contributed by atoms with Crippen LogP contribution in [-0.4, -0.2) is 24.4 Å². The standard InChI is InChI=1S/C10H11F3O.C9H9F3O2.5HI.2V/c1-2-5-8-6-3-4-7-9(8)14-10(11,12)13;10-9(11,12)14-8-4-2-1-3-7(8)5-6-13;;;;;;;/h3-4,6-7H,2,5H2,1H3;1-4,13H,5-6H2;5*1H;;/q;;;;;;;+2;+3/p-5. The quantitative estimate of drug-likeness (QED) is 0.232. The van der Waals surface area contributed by atoms with Crippen LogP contribution in [0.25, 0.3) is 0 Å². The summed E-state index contributed by atoms with van der Waals surface area (Å²) in [5.74, 6) is -0.351. The molecule has 0 aliphatic heterocycles. The van der Waals surface area contributed by atoms with Crippen LogP contribution >= 0.6 is 99.9 Å². The van der Waals surface area contributed by atoms with Crippen LogP contribution in [-0.2, 0) is 27.2 Å². The van der Waals surface area contributed by atoms with E-state index in [0.717, 1.165) is 6.42 Å². The molecular weight excluding hydrogens is 1130 g/mol. The molecule has 0 heterocycles. The van der Waals surface area contributed by atoms with Crippen molar-refractivity contribution in [1.29, 1.82) is 0 Å². The van der Waals surface area contributed by atoms with Crippen molar-refractivity contribution >= 4 is 99.9 Å². The number of para-hydroxylation sites is 2. The number of aliphatic hydroxyl groups excluding tert-OH is 1. The van der Waals surface area contributed by atoms with Crippen molar-refractivity contribution in [3.05, 3.63) is 59.7 Å². The molecule has 201 valence electrons. The Bertz CT molecular complexity index is 738. The average molecular weight is 1150 g/mol. The van der Waals surface area contributed by atoms with Crippen LogP contribution in [0.4, 0.5) is 26.3 Å². The summed E-state index contributed by atoms with van der Waals surface area (Å²) in [5.41, 5.74) is 0.930. The molecule has 0 atom stereocenters. The number of halogens is 11. The van der Waals surface area contributed by atoms with E-state index in [-0.39, 0.29) is 29.4 Å². The van der Waals surface area contributed by atoms with Gasteiger partial charge in [-0.25, -0.2) is 0 Å². The summed E-state index contributed by atoms with van der Waals surface area (Å²) in [6.45, 7) is 1.70. The van der Waals surface area contributed by atoms with Crippen LogP contribution < -0.4 is 9.47 Å². The molecule has 35 heavy (non-hydrogen) atoms. The summed E-state index contributed by atoms with van der Waals surface area (Å²) < 4.78 is 79.1. The van der Waals surface area contributed by atoms with Crippen LogP contribution in [0.2, 0.25) is 0 Å². The molecule has 0 aliphatic carbocycles. The third kappa shape index (κ3) is 26.4. The number of ether oxygens (including phenoxy) is 2. The maximum absolute atomic E-state index is 11.9. The molecule has 0 unspecified atom stereocenters. The molecule has 0 fully saturated rings. The molecule has 3 nitrogen and oxygen atoms in total. The van der Waals surface area contributed by atoms with E-state index in [4.69, 9.17) is 5.11 Å². The number of aliphatic hydroxyl groups is 1. The van der Waals surface area contributed by atoms with Gasteiger partial charge in [-0.15, -0.1) is 26.3 Å². The average Bonchev–Trinajstić information content (AvgIpc) is 2.70. The molecule has 0 spiro atoms. The molecule has 0 saturated heterocycles. The van der Waals surface area contributed by atoms with Gasteiger partial charge in [0.2, 0.25) is 0 Å². The predicted molar refractivity (Wildman–Crippen MR) is 161 cm³/mol. The Hall–Kier alpha value is 2.40. The zero-order valence-corrected chi connectivity index (χ0v) is 31.3. The van der Waals surface area contributed by atoms with Crippen LogP contribution in [0.3, 0.4) is 0 Å². The van der Waals surface area contributed by atoms with E-state index >= 15 is 0 Å². The van der Waals surface area contributed by atoms with Gasteiger partial charge in [0.15, 0.2) is 0 Å². The van der Waals surface area contributed by atoms with Crippen LogP contribution in [0.15, 0.2) is 48.5 Å². The SMILES string of the molecule is CCCc1ccccc1OC(F)(F)F.OCCc1ccccc1OC(F)(F)F.[I][V]([I])[I].[I][V][I]. The number of benzene rings is 2.